The van der Waals surface area contributed by atoms with Crippen molar-refractivity contribution in [3.8, 4) is 16.9 Å². The summed E-state index contributed by atoms with van der Waals surface area (Å²) in [6.07, 6.45) is 0. The Morgan fingerprint density at radius 2 is 1.74 bits per heavy atom. The summed E-state index contributed by atoms with van der Waals surface area (Å²) in [5.74, 6) is 0.314. The third-order valence-corrected chi connectivity index (χ3v) is 5.23. The molecule has 5 rings (SSSR count). The summed E-state index contributed by atoms with van der Waals surface area (Å²) in [4.78, 5) is 3.63. The van der Waals surface area contributed by atoms with Crippen LogP contribution in [0, 0.1) is 0 Å². The number of aromatic hydroxyl groups is 1. The molecule has 1 aromatic heterocycles. The molecule has 1 aliphatic rings. The van der Waals surface area contributed by atoms with E-state index in [0.717, 1.165) is 5.39 Å². The standard InChI is InChI=1S/C21H17NO/c1-21(2)17-11-12-7-8-14(23)9-13(12)10-16(17)19-15-5-3-4-6-18(15)22-20(19)21/h3-11,22-23H,1-2H3. The number of H-pyrrole nitrogens is 1. The van der Waals surface area contributed by atoms with Crippen molar-refractivity contribution in [2.45, 2.75) is 19.3 Å². The molecule has 0 saturated heterocycles. The second kappa shape index (κ2) is 3.96. The Balaban J connectivity index is 1.95. The molecular formula is C21H17NO. The number of aromatic nitrogens is 1. The van der Waals surface area contributed by atoms with Crippen LogP contribution in [0.2, 0.25) is 0 Å². The number of phenolic OH excluding ortho intramolecular Hbond substituents is 1. The van der Waals surface area contributed by atoms with Crippen LogP contribution >= 0.6 is 0 Å². The van der Waals surface area contributed by atoms with Crippen molar-refractivity contribution < 1.29 is 5.11 Å². The molecular weight excluding hydrogens is 282 g/mol. The van der Waals surface area contributed by atoms with Gasteiger partial charge in [0, 0.05) is 27.6 Å². The highest BCUT2D eigenvalue weighted by Gasteiger charge is 2.38. The van der Waals surface area contributed by atoms with Gasteiger partial charge in [-0.1, -0.05) is 38.1 Å². The fourth-order valence-electron chi connectivity index (χ4n) is 4.03. The first-order valence-electron chi connectivity index (χ1n) is 7.94. The van der Waals surface area contributed by atoms with E-state index in [0.29, 0.717) is 5.75 Å². The molecule has 0 unspecified atom stereocenters. The Morgan fingerprint density at radius 3 is 2.61 bits per heavy atom. The van der Waals surface area contributed by atoms with Crippen molar-refractivity contribution in [3.05, 3.63) is 65.9 Å². The minimum Gasteiger partial charge on any atom is -0.508 e. The van der Waals surface area contributed by atoms with Crippen LogP contribution in [0.1, 0.15) is 25.1 Å². The maximum absolute atomic E-state index is 9.80. The molecule has 1 heterocycles. The minimum absolute atomic E-state index is 0.0459. The van der Waals surface area contributed by atoms with Gasteiger partial charge in [-0.05, 0) is 52.2 Å². The van der Waals surface area contributed by atoms with Crippen LogP contribution in [0.3, 0.4) is 0 Å². The van der Waals surface area contributed by atoms with E-state index in [2.05, 4.69) is 55.2 Å². The van der Waals surface area contributed by atoms with Crippen LogP contribution in [0.5, 0.6) is 5.75 Å². The first-order valence-corrected chi connectivity index (χ1v) is 7.94. The number of fused-ring (bicyclic) bond motifs is 6. The second-order valence-corrected chi connectivity index (χ2v) is 6.97. The molecule has 1 aliphatic carbocycles. The maximum Gasteiger partial charge on any atom is 0.116 e. The number of hydrogen-bond donors (Lipinski definition) is 2. The number of nitrogens with one attached hydrogen (secondary N) is 1. The van der Waals surface area contributed by atoms with Gasteiger partial charge in [-0.25, -0.2) is 0 Å². The quantitative estimate of drug-likeness (QED) is 0.452. The van der Waals surface area contributed by atoms with E-state index in [1.165, 1.54) is 38.7 Å². The summed E-state index contributed by atoms with van der Waals surface area (Å²) in [6.45, 7) is 4.55. The predicted molar refractivity (Wildman–Crippen MR) is 95.0 cm³/mol. The zero-order valence-electron chi connectivity index (χ0n) is 13.1. The SMILES string of the molecule is CC1(C)c2cc3ccc(O)cc3cc2-c2c1[nH]c1ccccc21. The summed E-state index contributed by atoms with van der Waals surface area (Å²) < 4.78 is 0. The van der Waals surface area contributed by atoms with Crippen LogP contribution < -0.4 is 0 Å². The molecule has 0 aliphatic heterocycles. The van der Waals surface area contributed by atoms with Crippen LogP contribution in [0.25, 0.3) is 32.8 Å². The maximum atomic E-state index is 9.80. The summed E-state index contributed by atoms with van der Waals surface area (Å²) in [5, 5.41) is 13.3. The molecule has 0 radical (unpaired) electrons. The molecule has 0 fully saturated rings. The summed E-state index contributed by atoms with van der Waals surface area (Å²) in [5.41, 5.74) is 6.37. The van der Waals surface area contributed by atoms with Crippen molar-refractivity contribution in [1.29, 1.82) is 0 Å². The molecule has 2 nitrogen and oxygen atoms in total. The molecule has 112 valence electrons. The number of aromatic amines is 1. The van der Waals surface area contributed by atoms with Crippen molar-refractivity contribution in [2.24, 2.45) is 0 Å². The van der Waals surface area contributed by atoms with Gasteiger partial charge in [0.05, 0.1) is 0 Å². The van der Waals surface area contributed by atoms with Gasteiger partial charge in [0.15, 0.2) is 0 Å². The molecule has 0 spiro atoms. The van der Waals surface area contributed by atoms with Gasteiger partial charge in [0.2, 0.25) is 0 Å². The number of hydrogen-bond acceptors (Lipinski definition) is 1. The van der Waals surface area contributed by atoms with Crippen LogP contribution in [0.15, 0.2) is 54.6 Å². The lowest BCUT2D eigenvalue weighted by Gasteiger charge is -2.20. The van der Waals surface area contributed by atoms with Crippen molar-refractivity contribution in [1.82, 2.24) is 4.98 Å². The predicted octanol–water partition coefficient (Wildman–Crippen LogP) is 5.33. The van der Waals surface area contributed by atoms with Gasteiger partial charge in [-0.3, -0.25) is 0 Å². The molecule has 0 amide bonds. The Labute approximate surface area is 134 Å². The fraction of sp³-hybridized carbons (Fsp3) is 0.143. The van der Waals surface area contributed by atoms with Crippen molar-refractivity contribution in [3.63, 3.8) is 0 Å². The summed E-state index contributed by atoms with van der Waals surface area (Å²) in [7, 11) is 0. The lowest BCUT2D eigenvalue weighted by Crippen LogP contribution is -2.15. The molecule has 2 heteroatoms. The molecule has 0 saturated carbocycles. The van der Waals surface area contributed by atoms with E-state index in [1.807, 2.05) is 12.1 Å². The Kier molecular flexibility index (Phi) is 2.20. The Hall–Kier alpha value is -2.74. The number of rotatable bonds is 0. The molecule has 4 aromatic rings. The van der Waals surface area contributed by atoms with Crippen LogP contribution in [-0.2, 0) is 5.41 Å². The first-order chi connectivity index (χ1) is 11.1. The molecule has 0 atom stereocenters. The molecule has 0 bridgehead atoms. The van der Waals surface area contributed by atoms with E-state index in [-0.39, 0.29) is 5.41 Å². The topological polar surface area (TPSA) is 36.0 Å². The van der Waals surface area contributed by atoms with Crippen LogP contribution in [-0.4, -0.2) is 10.1 Å². The van der Waals surface area contributed by atoms with E-state index in [4.69, 9.17) is 0 Å². The highest BCUT2D eigenvalue weighted by molar-refractivity contribution is 6.04. The Bertz CT molecular complexity index is 1100. The summed E-state index contributed by atoms with van der Waals surface area (Å²) in [6, 6.07) is 18.6. The van der Waals surface area contributed by atoms with E-state index >= 15 is 0 Å². The molecule has 23 heavy (non-hydrogen) atoms. The van der Waals surface area contributed by atoms with Gasteiger partial charge < -0.3 is 10.1 Å². The molecule has 2 N–H and O–H groups in total. The van der Waals surface area contributed by atoms with Crippen molar-refractivity contribution >= 4 is 21.7 Å². The number of phenols is 1. The van der Waals surface area contributed by atoms with E-state index in [9.17, 15) is 5.11 Å². The van der Waals surface area contributed by atoms with Crippen LogP contribution in [0.4, 0.5) is 0 Å². The number of para-hydroxylation sites is 1. The third kappa shape index (κ3) is 1.53. The highest BCUT2D eigenvalue weighted by atomic mass is 16.3. The zero-order valence-corrected chi connectivity index (χ0v) is 13.1. The largest absolute Gasteiger partial charge is 0.508 e. The van der Waals surface area contributed by atoms with E-state index in [1.54, 1.807) is 6.07 Å². The minimum atomic E-state index is -0.0459. The van der Waals surface area contributed by atoms with Gasteiger partial charge in [0.25, 0.3) is 0 Å². The zero-order chi connectivity index (χ0) is 15.8. The second-order valence-electron chi connectivity index (χ2n) is 6.97. The monoisotopic (exact) mass is 299 g/mol. The van der Waals surface area contributed by atoms with Crippen molar-refractivity contribution in [2.75, 3.05) is 0 Å². The lowest BCUT2D eigenvalue weighted by molar-refractivity contribution is 0.476. The highest BCUT2D eigenvalue weighted by Crippen LogP contribution is 2.52. The average molecular weight is 299 g/mol. The summed E-state index contributed by atoms with van der Waals surface area (Å²) >= 11 is 0. The van der Waals surface area contributed by atoms with Gasteiger partial charge in [-0.2, -0.15) is 0 Å². The lowest BCUT2D eigenvalue weighted by atomic mass is 9.84. The fourth-order valence-corrected chi connectivity index (χ4v) is 4.03. The smallest absolute Gasteiger partial charge is 0.116 e. The van der Waals surface area contributed by atoms with Gasteiger partial charge in [0.1, 0.15) is 5.75 Å². The normalized spacial score (nSPS) is 15.0. The molecule has 3 aromatic carbocycles. The number of benzene rings is 3. The van der Waals surface area contributed by atoms with E-state index < -0.39 is 0 Å². The Morgan fingerprint density at radius 1 is 0.913 bits per heavy atom. The van der Waals surface area contributed by atoms with Gasteiger partial charge in [-0.15, -0.1) is 0 Å². The average Bonchev–Trinajstić information content (AvgIpc) is 3.01. The van der Waals surface area contributed by atoms with Gasteiger partial charge >= 0.3 is 0 Å². The first kappa shape index (κ1) is 12.8. The third-order valence-electron chi connectivity index (χ3n) is 5.23.